The van der Waals surface area contributed by atoms with Crippen LogP contribution < -0.4 is 10.2 Å². The first-order chi connectivity index (χ1) is 11.7. The molecule has 1 aliphatic rings. The largest absolute Gasteiger partial charge is 0.369 e. The Hall–Kier alpha value is -1.43. The van der Waals surface area contributed by atoms with E-state index in [-0.39, 0.29) is 11.9 Å². The van der Waals surface area contributed by atoms with E-state index in [2.05, 4.69) is 46.5 Å². The molecule has 0 aliphatic carbocycles. The number of rotatable bonds is 6. The van der Waals surface area contributed by atoms with Gasteiger partial charge in [-0.2, -0.15) is 0 Å². The third-order valence-corrected chi connectivity index (χ3v) is 5.66. The van der Waals surface area contributed by atoms with Crippen LogP contribution in [0.25, 0.3) is 0 Å². The summed E-state index contributed by atoms with van der Waals surface area (Å²) in [6, 6.07) is 9.51. The lowest BCUT2D eigenvalue weighted by molar-refractivity contribution is 0.271. The molecule has 3 rings (SSSR count). The molecule has 0 spiro atoms. The Kier molecular flexibility index (Phi) is 5.87. The smallest absolute Gasteiger partial charge is 0.123 e. The fourth-order valence-electron chi connectivity index (χ4n) is 3.24. The van der Waals surface area contributed by atoms with E-state index >= 15 is 0 Å². The van der Waals surface area contributed by atoms with E-state index in [1.165, 1.54) is 10.6 Å². The molecule has 3 nitrogen and oxygen atoms in total. The lowest BCUT2D eigenvalue weighted by Gasteiger charge is -2.37. The maximum atomic E-state index is 13.9. The zero-order valence-electron chi connectivity index (χ0n) is 14.5. The van der Waals surface area contributed by atoms with Gasteiger partial charge in [0.2, 0.25) is 0 Å². The van der Waals surface area contributed by atoms with Gasteiger partial charge in [-0.25, -0.2) is 4.39 Å². The highest BCUT2D eigenvalue weighted by Crippen LogP contribution is 2.28. The molecule has 1 N–H and O–H groups in total. The Bertz CT molecular complexity index is 636. The topological polar surface area (TPSA) is 18.5 Å². The number of hydrogen-bond donors (Lipinski definition) is 1. The van der Waals surface area contributed by atoms with E-state index < -0.39 is 0 Å². The fourth-order valence-corrected chi connectivity index (χ4v) is 3.90. The Morgan fingerprint density at radius 3 is 2.67 bits per heavy atom. The van der Waals surface area contributed by atoms with Crippen LogP contribution in [0.4, 0.5) is 10.1 Å². The monoisotopic (exact) mass is 347 g/mol. The molecule has 5 heteroatoms. The van der Waals surface area contributed by atoms with Crippen molar-refractivity contribution in [2.75, 3.05) is 37.6 Å². The Morgan fingerprint density at radius 2 is 2.00 bits per heavy atom. The molecular weight excluding hydrogens is 321 g/mol. The van der Waals surface area contributed by atoms with Crippen molar-refractivity contribution in [1.29, 1.82) is 0 Å². The minimum Gasteiger partial charge on any atom is -0.369 e. The number of halogens is 1. The molecule has 0 saturated carbocycles. The van der Waals surface area contributed by atoms with Crippen LogP contribution in [-0.4, -0.2) is 37.6 Å². The van der Waals surface area contributed by atoms with Crippen molar-refractivity contribution in [3.05, 3.63) is 52.0 Å². The summed E-state index contributed by atoms with van der Waals surface area (Å²) in [6.07, 6.45) is 0. The van der Waals surface area contributed by atoms with Gasteiger partial charge >= 0.3 is 0 Å². The predicted octanol–water partition coefficient (Wildman–Crippen LogP) is 3.88. The van der Waals surface area contributed by atoms with Crippen LogP contribution in [-0.2, 0) is 6.54 Å². The molecular formula is C19H26FN3S. The molecule has 0 bridgehead atoms. The molecule has 1 saturated heterocycles. The molecule has 0 radical (unpaired) electrons. The second-order valence-corrected chi connectivity index (χ2v) is 7.34. The van der Waals surface area contributed by atoms with E-state index in [1.54, 1.807) is 23.5 Å². The number of piperazine rings is 1. The van der Waals surface area contributed by atoms with E-state index in [4.69, 9.17) is 0 Å². The summed E-state index contributed by atoms with van der Waals surface area (Å²) in [7, 11) is 0. The molecule has 130 valence electrons. The molecule has 2 aromatic rings. The van der Waals surface area contributed by atoms with Crippen molar-refractivity contribution in [1.82, 2.24) is 10.2 Å². The second-order valence-electron chi connectivity index (χ2n) is 6.31. The summed E-state index contributed by atoms with van der Waals surface area (Å²) in [5.41, 5.74) is 2.22. The highest BCUT2D eigenvalue weighted by molar-refractivity contribution is 7.09. The van der Waals surface area contributed by atoms with Crippen molar-refractivity contribution < 1.29 is 4.39 Å². The summed E-state index contributed by atoms with van der Waals surface area (Å²) in [4.78, 5) is 6.15. The SMILES string of the molecule is CCN1CCN(c2ccc(F)cc2C(C)NCc2cccs2)CC1. The van der Waals surface area contributed by atoms with Crippen LogP contribution in [0.3, 0.4) is 0 Å². The van der Waals surface area contributed by atoms with Crippen LogP contribution in [0.1, 0.15) is 30.3 Å². The van der Waals surface area contributed by atoms with Gasteiger partial charge in [0.25, 0.3) is 0 Å². The molecule has 24 heavy (non-hydrogen) atoms. The minimum atomic E-state index is -0.161. The Morgan fingerprint density at radius 1 is 1.21 bits per heavy atom. The highest BCUT2D eigenvalue weighted by Gasteiger charge is 2.20. The molecule has 2 heterocycles. The van der Waals surface area contributed by atoms with Crippen LogP contribution in [0, 0.1) is 5.82 Å². The predicted molar refractivity (Wildman–Crippen MR) is 100 cm³/mol. The van der Waals surface area contributed by atoms with Crippen molar-refractivity contribution in [3.8, 4) is 0 Å². The summed E-state index contributed by atoms with van der Waals surface area (Å²) >= 11 is 1.75. The maximum absolute atomic E-state index is 13.9. The van der Waals surface area contributed by atoms with E-state index in [1.807, 2.05) is 6.07 Å². The molecule has 1 aliphatic heterocycles. The normalized spacial score (nSPS) is 17.2. The number of nitrogens with one attached hydrogen (secondary N) is 1. The number of anilines is 1. The van der Waals surface area contributed by atoms with Gasteiger partial charge in [-0.1, -0.05) is 13.0 Å². The molecule has 0 amide bonds. The first-order valence-corrected chi connectivity index (χ1v) is 9.58. The van der Waals surface area contributed by atoms with Crippen molar-refractivity contribution >= 4 is 17.0 Å². The Balaban J connectivity index is 1.73. The van der Waals surface area contributed by atoms with Crippen LogP contribution in [0.5, 0.6) is 0 Å². The van der Waals surface area contributed by atoms with E-state index in [0.29, 0.717) is 0 Å². The lowest BCUT2D eigenvalue weighted by atomic mass is 10.0. The lowest BCUT2D eigenvalue weighted by Crippen LogP contribution is -2.46. The van der Waals surface area contributed by atoms with Crippen LogP contribution in [0.2, 0.25) is 0 Å². The van der Waals surface area contributed by atoms with Gasteiger partial charge in [-0.05, 0) is 48.7 Å². The first-order valence-electron chi connectivity index (χ1n) is 8.70. The number of thiophene rings is 1. The minimum absolute atomic E-state index is 0.113. The molecule has 1 fully saturated rings. The summed E-state index contributed by atoms with van der Waals surface area (Å²) in [5, 5.41) is 5.62. The standard InChI is InChI=1S/C19H26FN3S/c1-3-22-8-10-23(11-9-22)19-7-6-16(20)13-18(19)15(2)21-14-17-5-4-12-24-17/h4-7,12-13,15,21H,3,8-11,14H2,1-2H3. The quantitative estimate of drug-likeness (QED) is 0.855. The summed E-state index contributed by atoms with van der Waals surface area (Å²) < 4.78 is 13.9. The molecule has 1 atom stereocenters. The van der Waals surface area contributed by atoms with E-state index in [0.717, 1.165) is 44.8 Å². The average Bonchev–Trinajstić information content (AvgIpc) is 3.13. The van der Waals surface area contributed by atoms with E-state index in [9.17, 15) is 4.39 Å². The van der Waals surface area contributed by atoms with Crippen molar-refractivity contribution in [2.24, 2.45) is 0 Å². The zero-order valence-corrected chi connectivity index (χ0v) is 15.3. The molecule has 1 aromatic carbocycles. The highest BCUT2D eigenvalue weighted by atomic mass is 32.1. The van der Waals surface area contributed by atoms with Gasteiger partial charge in [0.05, 0.1) is 0 Å². The van der Waals surface area contributed by atoms with Gasteiger partial charge in [0.1, 0.15) is 5.82 Å². The second kappa shape index (κ2) is 8.10. The number of hydrogen-bond acceptors (Lipinski definition) is 4. The van der Waals surface area contributed by atoms with Crippen LogP contribution >= 0.6 is 11.3 Å². The van der Waals surface area contributed by atoms with Crippen molar-refractivity contribution in [2.45, 2.75) is 26.4 Å². The van der Waals surface area contributed by atoms with Crippen LogP contribution in [0.15, 0.2) is 35.7 Å². The van der Waals surface area contributed by atoms with Gasteiger partial charge in [-0.3, -0.25) is 0 Å². The maximum Gasteiger partial charge on any atom is 0.123 e. The molecule has 1 aromatic heterocycles. The molecule has 1 unspecified atom stereocenters. The average molecular weight is 348 g/mol. The summed E-state index contributed by atoms with van der Waals surface area (Å²) in [6.45, 7) is 10.4. The third kappa shape index (κ3) is 4.15. The first kappa shape index (κ1) is 17.4. The van der Waals surface area contributed by atoms with Gasteiger partial charge in [0.15, 0.2) is 0 Å². The van der Waals surface area contributed by atoms with Crippen molar-refractivity contribution in [3.63, 3.8) is 0 Å². The van der Waals surface area contributed by atoms with Gasteiger partial charge in [-0.15, -0.1) is 11.3 Å². The van der Waals surface area contributed by atoms with Gasteiger partial charge in [0, 0.05) is 49.3 Å². The number of nitrogens with zero attached hydrogens (tertiary/aromatic N) is 2. The zero-order chi connectivity index (χ0) is 16.9. The summed E-state index contributed by atoms with van der Waals surface area (Å²) in [5.74, 6) is -0.161. The number of likely N-dealkylation sites (N-methyl/N-ethyl adjacent to an activating group) is 1. The Labute approximate surface area is 148 Å². The van der Waals surface area contributed by atoms with Gasteiger partial charge < -0.3 is 15.1 Å². The third-order valence-electron chi connectivity index (χ3n) is 4.78. The fraction of sp³-hybridized carbons (Fsp3) is 0.474. The number of benzene rings is 1.